The van der Waals surface area contributed by atoms with Crippen LogP contribution in [0.15, 0.2) is 41.1 Å². The van der Waals surface area contributed by atoms with E-state index >= 15 is 0 Å². The standard InChI is InChI=1S/C12H13N3O3/c1-17-10-5-3-2-4-9(10)8-13-12(16)15-11-6-7-14-18-11/h2-7H,8H2,1H3,(H2,13,15,16). The molecule has 6 heteroatoms. The van der Waals surface area contributed by atoms with Gasteiger partial charge >= 0.3 is 6.03 Å². The number of benzene rings is 1. The predicted molar refractivity (Wildman–Crippen MR) is 65.4 cm³/mol. The molecule has 2 N–H and O–H groups in total. The van der Waals surface area contributed by atoms with Gasteiger partial charge in [-0.15, -0.1) is 0 Å². The number of hydrogen-bond acceptors (Lipinski definition) is 4. The van der Waals surface area contributed by atoms with Crippen LogP contribution < -0.4 is 15.4 Å². The van der Waals surface area contributed by atoms with Crippen molar-refractivity contribution in [1.82, 2.24) is 10.5 Å². The number of hydrogen-bond donors (Lipinski definition) is 2. The fraction of sp³-hybridized carbons (Fsp3) is 0.167. The zero-order chi connectivity index (χ0) is 12.8. The molecule has 2 rings (SSSR count). The van der Waals surface area contributed by atoms with E-state index < -0.39 is 0 Å². The summed E-state index contributed by atoms with van der Waals surface area (Å²) in [6.45, 7) is 0.365. The van der Waals surface area contributed by atoms with Crippen molar-refractivity contribution in [2.24, 2.45) is 0 Å². The highest BCUT2D eigenvalue weighted by Gasteiger charge is 2.06. The summed E-state index contributed by atoms with van der Waals surface area (Å²) in [6, 6.07) is 8.67. The van der Waals surface area contributed by atoms with Gasteiger partial charge in [-0.05, 0) is 6.07 Å². The number of methoxy groups -OCH3 is 1. The maximum Gasteiger partial charge on any atom is 0.321 e. The molecule has 1 heterocycles. The van der Waals surface area contributed by atoms with Gasteiger partial charge in [0.1, 0.15) is 5.75 Å². The summed E-state index contributed by atoms with van der Waals surface area (Å²) in [7, 11) is 1.59. The van der Waals surface area contributed by atoms with E-state index in [1.54, 1.807) is 13.2 Å². The third-order valence-corrected chi connectivity index (χ3v) is 2.31. The highest BCUT2D eigenvalue weighted by molar-refractivity contribution is 5.87. The molecule has 2 amide bonds. The van der Waals surface area contributed by atoms with Crippen LogP contribution in [-0.2, 0) is 6.54 Å². The van der Waals surface area contributed by atoms with Crippen LogP contribution >= 0.6 is 0 Å². The highest BCUT2D eigenvalue weighted by Crippen LogP contribution is 2.16. The van der Waals surface area contributed by atoms with E-state index in [9.17, 15) is 4.79 Å². The van der Waals surface area contributed by atoms with Gasteiger partial charge in [0.15, 0.2) is 0 Å². The van der Waals surface area contributed by atoms with Gasteiger partial charge < -0.3 is 14.6 Å². The van der Waals surface area contributed by atoms with Gasteiger partial charge in [0.05, 0.1) is 13.3 Å². The van der Waals surface area contributed by atoms with Gasteiger partial charge in [-0.25, -0.2) is 4.79 Å². The first-order valence-corrected chi connectivity index (χ1v) is 5.37. The lowest BCUT2D eigenvalue weighted by atomic mass is 10.2. The Morgan fingerprint density at radius 3 is 2.94 bits per heavy atom. The molecule has 94 valence electrons. The molecule has 2 aromatic rings. The van der Waals surface area contributed by atoms with E-state index in [2.05, 4.69) is 15.8 Å². The molecule has 0 bridgehead atoms. The Balaban J connectivity index is 1.89. The molecule has 0 saturated carbocycles. The number of amides is 2. The second kappa shape index (κ2) is 5.72. The van der Waals surface area contributed by atoms with Crippen molar-refractivity contribution in [2.75, 3.05) is 12.4 Å². The van der Waals surface area contributed by atoms with Crippen molar-refractivity contribution >= 4 is 11.9 Å². The number of carbonyl (C=O) groups is 1. The fourth-order valence-corrected chi connectivity index (χ4v) is 1.46. The van der Waals surface area contributed by atoms with E-state index in [-0.39, 0.29) is 6.03 Å². The van der Waals surface area contributed by atoms with Crippen LogP contribution in [-0.4, -0.2) is 18.3 Å². The zero-order valence-corrected chi connectivity index (χ0v) is 9.84. The van der Waals surface area contributed by atoms with Gasteiger partial charge in [0.2, 0.25) is 5.88 Å². The molecule has 0 radical (unpaired) electrons. The van der Waals surface area contributed by atoms with E-state index in [0.717, 1.165) is 11.3 Å². The topological polar surface area (TPSA) is 76.4 Å². The second-order valence-corrected chi connectivity index (χ2v) is 3.50. The van der Waals surface area contributed by atoms with Gasteiger partial charge in [-0.3, -0.25) is 5.32 Å². The van der Waals surface area contributed by atoms with Crippen molar-refractivity contribution in [2.45, 2.75) is 6.54 Å². The first-order valence-electron chi connectivity index (χ1n) is 5.37. The number of ether oxygens (including phenoxy) is 1. The molecule has 0 aliphatic carbocycles. The third-order valence-electron chi connectivity index (χ3n) is 2.31. The van der Waals surface area contributed by atoms with Crippen LogP contribution in [0.3, 0.4) is 0 Å². The monoisotopic (exact) mass is 247 g/mol. The average Bonchev–Trinajstić information content (AvgIpc) is 2.89. The van der Waals surface area contributed by atoms with Crippen molar-refractivity contribution in [3.63, 3.8) is 0 Å². The molecule has 0 saturated heterocycles. The summed E-state index contributed by atoms with van der Waals surface area (Å²) in [6.07, 6.45) is 1.45. The van der Waals surface area contributed by atoms with Crippen LogP contribution in [0, 0.1) is 0 Å². The van der Waals surface area contributed by atoms with E-state index in [1.807, 2.05) is 24.3 Å². The lowest BCUT2D eigenvalue weighted by Gasteiger charge is -2.09. The molecule has 0 fully saturated rings. The van der Waals surface area contributed by atoms with Crippen LogP contribution in [0.1, 0.15) is 5.56 Å². The second-order valence-electron chi connectivity index (χ2n) is 3.50. The van der Waals surface area contributed by atoms with Crippen LogP contribution in [0.25, 0.3) is 0 Å². The van der Waals surface area contributed by atoms with Crippen molar-refractivity contribution in [3.05, 3.63) is 42.1 Å². The Morgan fingerprint density at radius 2 is 2.22 bits per heavy atom. The molecule has 1 aromatic carbocycles. The molecule has 6 nitrogen and oxygen atoms in total. The minimum absolute atomic E-state index is 0.299. The van der Waals surface area contributed by atoms with Gasteiger partial charge in [-0.1, -0.05) is 23.4 Å². The first kappa shape index (κ1) is 12.0. The first-order chi connectivity index (χ1) is 8.79. The van der Waals surface area contributed by atoms with E-state index in [1.165, 1.54) is 6.20 Å². The normalized spacial score (nSPS) is 9.83. The molecule has 18 heavy (non-hydrogen) atoms. The smallest absolute Gasteiger partial charge is 0.321 e. The van der Waals surface area contributed by atoms with Crippen molar-refractivity contribution in [1.29, 1.82) is 0 Å². The van der Waals surface area contributed by atoms with E-state index in [4.69, 9.17) is 9.26 Å². The van der Waals surface area contributed by atoms with Gasteiger partial charge in [-0.2, -0.15) is 0 Å². The summed E-state index contributed by atoms with van der Waals surface area (Å²) in [5.74, 6) is 1.03. The number of rotatable bonds is 4. The Morgan fingerprint density at radius 1 is 1.39 bits per heavy atom. The number of anilines is 1. The van der Waals surface area contributed by atoms with Crippen molar-refractivity contribution in [3.8, 4) is 5.75 Å². The quantitative estimate of drug-likeness (QED) is 0.866. The summed E-state index contributed by atoms with van der Waals surface area (Å²) in [5.41, 5.74) is 0.896. The summed E-state index contributed by atoms with van der Waals surface area (Å²) in [4.78, 5) is 11.5. The lowest BCUT2D eigenvalue weighted by molar-refractivity contribution is 0.250. The molecule has 0 unspecified atom stereocenters. The Kier molecular flexibility index (Phi) is 3.80. The Hall–Kier alpha value is -2.50. The third kappa shape index (κ3) is 3.00. The maximum atomic E-state index is 11.5. The Labute approximate surface area is 104 Å². The maximum absolute atomic E-state index is 11.5. The van der Waals surface area contributed by atoms with Gasteiger partial charge in [0.25, 0.3) is 0 Å². The summed E-state index contributed by atoms with van der Waals surface area (Å²) >= 11 is 0. The molecule has 0 aliphatic rings. The average molecular weight is 247 g/mol. The molecular formula is C12H13N3O3. The minimum atomic E-state index is -0.363. The molecular weight excluding hydrogens is 234 g/mol. The lowest BCUT2D eigenvalue weighted by Crippen LogP contribution is -2.28. The number of carbonyl (C=O) groups excluding carboxylic acids is 1. The highest BCUT2D eigenvalue weighted by atomic mass is 16.5. The molecule has 0 atom stereocenters. The Bertz CT molecular complexity index is 511. The number of nitrogens with zero attached hydrogens (tertiary/aromatic N) is 1. The number of urea groups is 1. The fourth-order valence-electron chi connectivity index (χ4n) is 1.46. The minimum Gasteiger partial charge on any atom is -0.496 e. The van der Waals surface area contributed by atoms with Crippen molar-refractivity contribution < 1.29 is 14.1 Å². The largest absolute Gasteiger partial charge is 0.496 e. The summed E-state index contributed by atoms with van der Waals surface area (Å²) in [5, 5.41) is 8.69. The molecule has 1 aromatic heterocycles. The van der Waals surface area contributed by atoms with E-state index in [0.29, 0.717) is 12.4 Å². The van der Waals surface area contributed by atoms with Crippen LogP contribution in [0.2, 0.25) is 0 Å². The van der Waals surface area contributed by atoms with Crippen LogP contribution in [0.5, 0.6) is 5.75 Å². The van der Waals surface area contributed by atoms with Crippen LogP contribution in [0.4, 0.5) is 10.7 Å². The zero-order valence-electron chi connectivity index (χ0n) is 9.84. The summed E-state index contributed by atoms with van der Waals surface area (Å²) < 4.78 is 9.94. The SMILES string of the molecule is COc1ccccc1CNC(=O)Nc1ccno1. The van der Waals surface area contributed by atoms with Gasteiger partial charge in [0, 0.05) is 18.2 Å². The molecule has 0 spiro atoms. The predicted octanol–water partition coefficient (Wildman–Crippen LogP) is 2.00. The molecule has 0 aliphatic heterocycles. The number of para-hydroxylation sites is 1. The number of nitrogens with one attached hydrogen (secondary N) is 2. The number of aromatic nitrogens is 1.